The summed E-state index contributed by atoms with van der Waals surface area (Å²) in [7, 11) is 0. The number of carbonyl (C=O) groups excluding carboxylic acids is 2. The van der Waals surface area contributed by atoms with Gasteiger partial charge in [-0.3, -0.25) is 9.59 Å². The fraction of sp³-hybridized carbons (Fsp3) is 0.423. The lowest BCUT2D eigenvalue weighted by molar-refractivity contribution is -0.142. The molecular weight excluding hydrogens is 436 g/mol. The summed E-state index contributed by atoms with van der Waals surface area (Å²) in [6.07, 6.45) is -0.862. The van der Waals surface area contributed by atoms with Gasteiger partial charge in [-0.05, 0) is 41.5 Å². The Morgan fingerprint density at radius 1 is 1.03 bits per heavy atom. The van der Waals surface area contributed by atoms with Crippen LogP contribution in [0.3, 0.4) is 0 Å². The van der Waals surface area contributed by atoms with Crippen molar-refractivity contribution >= 4 is 18.0 Å². The zero-order chi connectivity index (χ0) is 24.9. The SMILES string of the molecule is CC(C)CC(NC(=O)OCC1c2ccccc2-c2ccccc21)C(=O)NCC(C)(O)CC(=O)O. The molecule has 1 aliphatic rings. The number of aliphatic hydroxyl groups is 1. The standard InChI is InChI=1S/C26H32N2O6/c1-16(2)12-22(24(31)27-15-26(3,33)13-23(29)30)28-25(32)34-14-21-19-10-6-4-8-17(19)18-9-5-7-11-20(18)21/h4-11,16,21-22,33H,12-15H2,1-3H3,(H,27,31)(H,28,32)(H,29,30). The van der Waals surface area contributed by atoms with Crippen LogP contribution in [0, 0.1) is 5.92 Å². The molecule has 34 heavy (non-hydrogen) atoms. The predicted molar refractivity (Wildman–Crippen MR) is 127 cm³/mol. The smallest absolute Gasteiger partial charge is 0.407 e. The largest absolute Gasteiger partial charge is 0.481 e. The maximum Gasteiger partial charge on any atom is 0.407 e. The number of hydrogen-bond acceptors (Lipinski definition) is 5. The van der Waals surface area contributed by atoms with Gasteiger partial charge in [0.25, 0.3) is 0 Å². The number of hydrogen-bond donors (Lipinski definition) is 4. The van der Waals surface area contributed by atoms with E-state index in [1.807, 2.05) is 50.2 Å². The van der Waals surface area contributed by atoms with Crippen molar-refractivity contribution in [1.82, 2.24) is 10.6 Å². The number of benzene rings is 2. The van der Waals surface area contributed by atoms with E-state index in [1.165, 1.54) is 6.92 Å². The summed E-state index contributed by atoms with van der Waals surface area (Å²) in [5.41, 5.74) is 2.82. The van der Waals surface area contributed by atoms with Gasteiger partial charge in [0.1, 0.15) is 12.6 Å². The number of alkyl carbamates (subject to hydrolysis) is 1. The van der Waals surface area contributed by atoms with E-state index in [9.17, 15) is 19.5 Å². The van der Waals surface area contributed by atoms with E-state index in [1.54, 1.807) is 0 Å². The fourth-order valence-corrected chi connectivity index (χ4v) is 4.27. The molecule has 2 aromatic rings. The van der Waals surface area contributed by atoms with Crippen LogP contribution in [0.5, 0.6) is 0 Å². The van der Waals surface area contributed by atoms with Crippen LogP contribution in [0.4, 0.5) is 4.79 Å². The molecule has 2 unspecified atom stereocenters. The summed E-state index contributed by atoms with van der Waals surface area (Å²) in [6.45, 7) is 5.04. The molecule has 3 rings (SSSR count). The van der Waals surface area contributed by atoms with Gasteiger partial charge < -0.3 is 25.6 Å². The molecule has 0 radical (unpaired) electrons. The van der Waals surface area contributed by atoms with E-state index in [-0.39, 0.29) is 25.0 Å². The molecule has 8 heteroatoms. The van der Waals surface area contributed by atoms with Crippen molar-refractivity contribution in [2.75, 3.05) is 13.2 Å². The zero-order valence-electron chi connectivity index (χ0n) is 19.7. The minimum absolute atomic E-state index is 0.0957. The minimum atomic E-state index is -1.60. The minimum Gasteiger partial charge on any atom is -0.481 e. The van der Waals surface area contributed by atoms with Gasteiger partial charge in [-0.25, -0.2) is 4.79 Å². The molecular formula is C26H32N2O6. The van der Waals surface area contributed by atoms with E-state index in [4.69, 9.17) is 9.84 Å². The molecule has 182 valence electrons. The number of amides is 2. The Labute approximate surface area is 199 Å². The van der Waals surface area contributed by atoms with Crippen LogP contribution in [-0.4, -0.2) is 53.0 Å². The Morgan fingerprint density at radius 2 is 1.59 bits per heavy atom. The third-order valence-corrected chi connectivity index (χ3v) is 5.83. The Morgan fingerprint density at radius 3 is 2.12 bits per heavy atom. The van der Waals surface area contributed by atoms with Crippen LogP contribution in [0.15, 0.2) is 48.5 Å². The first-order chi connectivity index (χ1) is 16.1. The van der Waals surface area contributed by atoms with Gasteiger partial charge >= 0.3 is 12.1 Å². The third kappa shape index (κ3) is 6.35. The number of ether oxygens (including phenoxy) is 1. The summed E-state index contributed by atoms with van der Waals surface area (Å²) in [6, 6.07) is 15.2. The van der Waals surface area contributed by atoms with Crippen molar-refractivity contribution < 1.29 is 29.3 Å². The first kappa shape index (κ1) is 25.2. The molecule has 1 aliphatic carbocycles. The van der Waals surface area contributed by atoms with Crippen LogP contribution in [0.25, 0.3) is 11.1 Å². The molecule has 4 N–H and O–H groups in total. The molecule has 0 fully saturated rings. The summed E-state index contributed by atoms with van der Waals surface area (Å²) in [5.74, 6) is -1.67. The number of aliphatic carboxylic acids is 1. The van der Waals surface area contributed by atoms with E-state index < -0.39 is 36.0 Å². The van der Waals surface area contributed by atoms with Crippen molar-refractivity contribution in [3.8, 4) is 11.1 Å². The van der Waals surface area contributed by atoms with Crippen molar-refractivity contribution in [2.24, 2.45) is 5.92 Å². The second-order valence-electron chi connectivity index (χ2n) is 9.44. The van der Waals surface area contributed by atoms with Crippen LogP contribution in [-0.2, 0) is 14.3 Å². The highest BCUT2D eigenvalue weighted by Crippen LogP contribution is 2.44. The first-order valence-electron chi connectivity index (χ1n) is 11.4. The first-order valence-corrected chi connectivity index (χ1v) is 11.4. The van der Waals surface area contributed by atoms with E-state index in [0.717, 1.165) is 22.3 Å². The Hall–Kier alpha value is -3.39. The number of carboxylic acids is 1. The van der Waals surface area contributed by atoms with Gasteiger partial charge in [-0.1, -0.05) is 62.4 Å². The summed E-state index contributed by atoms with van der Waals surface area (Å²) in [5, 5.41) is 24.2. The highest BCUT2D eigenvalue weighted by atomic mass is 16.5. The van der Waals surface area contributed by atoms with E-state index >= 15 is 0 Å². The molecule has 0 saturated carbocycles. The predicted octanol–water partition coefficient (Wildman–Crippen LogP) is 3.28. The maximum atomic E-state index is 12.7. The van der Waals surface area contributed by atoms with Crippen LogP contribution < -0.4 is 10.6 Å². The number of carbonyl (C=O) groups is 3. The second kappa shape index (κ2) is 10.7. The number of nitrogens with one attached hydrogen (secondary N) is 2. The van der Waals surface area contributed by atoms with Gasteiger partial charge in [0.05, 0.1) is 12.0 Å². The van der Waals surface area contributed by atoms with Gasteiger partial charge in [-0.15, -0.1) is 0 Å². The van der Waals surface area contributed by atoms with Gasteiger partial charge in [0.15, 0.2) is 0 Å². The average Bonchev–Trinajstić information content (AvgIpc) is 3.08. The van der Waals surface area contributed by atoms with Crippen LogP contribution in [0.2, 0.25) is 0 Å². The molecule has 0 bridgehead atoms. The van der Waals surface area contributed by atoms with Crippen LogP contribution >= 0.6 is 0 Å². The molecule has 2 atom stereocenters. The maximum absolute atomic E-state index is 12.7. The average molecular weight is 469 g/mol. The highest BCUT2D eigenvalue weighted by Gasteiger charge is 2.31. The lowest BCUT2D eigenvalue weighted by atomic mass is 9.98. The Bertz CT molecular complexity index is 1000. The normalized spacial score (nSPS) is 15.1. The summed E-state index contributed by atoms with van der Waals surface area (Å²) >= 11 is 0. The summed E-state index contributed by atoms with van der Waals surface area (Å²) < 4.78 is 5.54. The number of rotatable bonds is 10. The highest BCUT2D eigenvalue weighted by molar-refractivity contribution is 5.86. The van der Waals surface area contributed by atoms with Gasteiger partial charge in [0.2, 0.25) is 5.91 Å². The third-order valence-electron chi connectivity index (χ3n) is 5.83. The Balaban J connectivity index is 1.62. The number of fused-ring (bicyclic) bond motifs is 3. The molecule has 0 aromatic heterocycles. The van der Waals surface area contributed by atoms with E-state index in [0.29, 0.717) is 6.42 Å². The molecule has 0 saturated heterocycles. The van der Waals surface area contributed by atoms with Crippen LogP contribution in [0.1, 0.15) is 50.7 Å². The molecule has 0 heterocycles. The topological polar surface area (TPSA) is 125 Å². The molecule has 8 nitrogen and oxygen atoms in total. The molecule has 0 aliphatic heterocycles. The molecule has 2 amide bonds. The lowest BCUT2D eigenvalue weighted by Crippen LogP contribution is -2.51. The van der Waals surface area contributed by atoms with Crippen molar-refractivity contribution in [3.63, 3.8) is 0 Å². The van der Waals surface area contributed by atoms with Gasteiger partial charge in [-0.2, -0.15) is 0 Å². The quantitative estimate of drug-likeness (QED) is 0.424. The van der Waals surface area contributed by atoms with Gasteiger partial charge in [0, 0.05) is 12.5 Å². The lowest BCUT2D eigenvalue weighted by Gasteiger charge is -2.25. The number of carboxylic acid groups (broad SMARTS) is 1. The monoisotopic (exact) mass is 468 g/mol. The molecule has 2 aromatic carbocycles. The second-order valence-corrected chi connectivity index (χ2v) is 9.44. The van der Waals surface area contributed by atoms with Crippen molar-refractivity contribution in [2.45, 2.75) is 51.2 Å². The summed E-state index contributed by atoms with van der Waals surface area (Å²) in [4.78, 5) is 36.2. The van der Waals surface area contributed by atoms with Crippen molar-refractivity contribution in [1.29, 1.82) is 0 Å². The van der Waals surface area contributed by atoms with E-state index in [2.05, 4.69) is 22.8 Å². The van der Waals surface area contributed by atoms with Crippen molar-refractivity contribution in [3.05, 3.63) is 59.7 Å². The Kier molecular flexibility index (Phi) is 7.94. The fourth-order valence-electron chi connectivity index (χ4n) is 4.27. The zero-order valence-corrected chi connectivity index (χ0v) is 19.7. The molecule has 0 spiro atoms.